The van der Waals surface area contributed by atoms with Crippen LogP contribution in [0.1, 0.15) is 42.5 Å². The van der Waals surface area contributed by atoms with E-state index in [1.54, 1.807) is 12.1 Å². The van der Waals surface area contributed by atoms with Crippen molar-refractivity contribution in [3.8, 4) is 0 Å². The van der Waals surface area contributed by atoms with Gasteiger partial charge in [-0.15, -0.1) is 0 Å². The predicted molar refractivity (Wildman–Crippen MR) is 101 cm³/mol. The van der Waals surface area contributed by atoms with E-state index in [9.17, 15) is 14.9 Å². The first kappa shape index (κ1) is 17.2. The zero-order valence-electron chi connectivity index (χ0n) is 15.6. The summed E-state index contributed by atoms with van der Waals surface area (Å²) in [6.45, 7) is 3.45. The van der Waals surface area contributed by atoms with Crippen molar-refractivity contribution >= 4 is 11.6 Å². The van der Waals surface area contributed by atoms with Crippen LogP contribution in [0.15, 0.2) is 24.3 Å². The van der Waals surface area contributed by atoms with Crippen LogP contribution in [-0.4, -0.2) is 52.9 Å². The molecule has 6 heteroatoms. The number of non-ortho nitro benzene ring substituents is 1. The topological polar surface area (TPSA) is 66.7 Å². The highest BCUT2D eigenvalue weighted by Gasteiger charge is 2.50. The Morgan fingerprint density at radius 2 is 1.44 bits per heavy atom. The minimum Gasteiger partial charge on any atom is -0.336 e. The SMILES string of the molecule is O=C(c1ccc([N+](=O)[O-])cc1)N1CCN(C2C3CC4CC(C3)CC2C4)CC1. The number of rotatable bonds is 3. The minimum atomic E-state index is -0.433. The quantitative estimate of drug-likeness (QED) is 0.606. The number of carbonyl (C=O) groups is 1. The lowest BCUT2D eigenvalue weighted by Gasteiger charge is -2.58. The number of carbonyl (C=O) groups excluding carboxylic acids is 1. The molecule has 0 unspecified atom stereocenters. The molecule has 1 aromatic carbocycles. The summed E-state index contributed by atoms with van der Waals surface area (Å²) in [5.74, 6) is 3.76. The molecule has 4 bridgehead atoms. The lowest BCUT2D eigenvalue weighted by Crippen LogP contribution is -2.60. The van der Waals surface area contributed by atoms with Crippen LogP contribution in [0.4, 0.5) is 5.69 Å². The van der Waals surface area contributed by atoms with Gasteiger partial charge in [-0.25, -0.2) is 0 Å². The van der Waals surface area contributed by atoms with Crippen molar-refractivity contribution in [2.75, 3.05) is 26.2 Å². The van der Waals surface area contributed by atoms with Crippen LogP contribution in [0.25, 0.3) is 0 Å². The molecule has 0 N–H and O–H groups in total. The number of amides is 1. The van der Waals surface area contributed by atoms with Gasteiger partial charge < -0.3 is 4.90 Å². The zero-order valence-corrected chi connectivity index (χ0v) is 15.6. The second-order valence-corrected chi connectivity index (χ2v) is 9.05. The number of hydrogen-bond donors (Lipinski definition) is 0. The molecule has 6 rings (SSSR count). The summed E-state index contributed by atoms with van der Waals surface area (Å²) >= 11 is 0. The van der Waals surface area contributed by atoms with Gasteiger partial charge in [-0.2, -0.15) is 0 Å². The molecule has 0 aromatic heterocycles. The smallest absolute Gasteiger partial charge is 0.269 e. The van der Waals surface area contributed by atoms with Crippen molar-refractivity contribution in [2.24, 2.45) is 23.7 Å². The number of piperazine rings is 1. The molecule has 1 amide bonds. The first-order chi connectivity index (χ1) is 13.1. The van der Waals surface area contributed by atoms with Gasteiger partial charge in [0.25, 0.3) is 11.6 Å². The van der Waals surface area contributed by atoms with Crippen molar-refractivity contribution in [2.45, 2.75) is 38.1 Å². The van der Waals surface area contributed by atoms with E-state index < -0.39 is 4.92 Å². The fourth-order valence-electron chi connectivity index (χ4n) is 6.62. The van der Waals surface area contributed by atoms with Gasteiger partial charge in [0, 0.05) is 49.9 Å². The van der Waals surface area contributed by atoms with Gasteiger partial charge in [-0.3, -0.25) is 19.8 Å². The van der Waals surface area contributed by atoms with Crippen LogP contribution in [0, 0.1) is 33.8 Å². The van der Waals surface area contributed by atoms with Crippen LogP contribution >= 0.6 is 0 Å². The predicted octanol–water partition coefficient (Wildman–Crippen LogP) is 3.18. The lowest BCUT2D eigenvalue weighted by atomic mass is 9.54. The van der Waals surface area contributed by atoms with Crippen molar-refractivity contribution in [1.29, 1.82) is 0 Å². The maximum Gasteiger partial charge on any atom is 0.269 e. The number of benzene rings is 1. The van der Waals surface area contributed by atoms with E-state index >= 15 is 0 Å². The Kier molecular flexibility index (Phi) is 4.19. The van der Waals surface area contributed by atoms with E-state index in [1.807, 2.05) is 4.90 Å². The molecule has 144 valence electrons. The first-order valence-electron chi connectivity index (χ1n) is 10.4. The van der Waals surface area contributed by atoms with Crippen LogP contribution in [0.3, 0.4) is 0 Å². The summed E-state index contributed by atoms with van der Waals surface area (Å²) in [5.41, 5.74) is 0.571. The Labute approximate surface area is 159 Å². The Balaban J connectivity index is 1.21. The maximum absolute atomic E-state index is 12.7. The molecule has 1 aliphatic heterocycles. The third kappa shape index (κ3) is 3.04. The van der Waals surface area contributed by atoms with Crippen LogP contribution < -0.4 is 0 Å². The molecule has 4 aliphatic carbocycles. The molecule has 4 saturated carbocycles. The molecule has 0 radical (unpaired) electrons. The molecule has 6 nitrogen and oxygen atoms in total. The van der Waals surface area contributed by atoms with E-state index in [0.717, 1.165) is 55.9 Å². The molecule has 27 heavy (non-hydrogen) atoms. The molecule has 1 aromatic rings. The highest BCUT2D eigenvalue weighted by molar-refractivity contribution is 5.94. The fraction of sp³-hybridized carbons (Fsp3) is 0.667. The standard InChI is InChI=1S/C21H27N3O3/c25-21(16-1-3-19(4-2-16)24(26)27)23-7-5-22(6-8-23)20-17-10-14-9-15(12-17)13-18(20)11-14/h1-4,14-15,17-18,20H,5-13H2. The van der Waals surface area contributed by atoms with Crippen LogP contribution in [0.2, 0.25) is 0 Å². The molecule has 0 atom stereocenters. The van der Waals surface area contributed by atoms with Gasteiger partial charge in [-0.1, -0.05) is 0 Å². The van der Waals surface area contributed by atoms with Gasteiger partial charge >= 0.3 is 0 Å². The van der Waals surface area contributed by atoms with Crippen LogP contribution in [-0.2, 0) is 0 Å². The average Bonchev–Trinajstić information content (AvgIpc) is 2.67. The average molecular weight is 369 g/mol. The summed E-state index contributed by atoms with van der Waals surface area (Å²) in [7, 11) is 0. The fourth-order valence-corrected chi connectivity index (χ4v) is 6.62. The van der Waals surface area contributed by atoms with E-state index in [-0.39, 0.29) is 11.6 Å². The number of nitrogens with zero attached hydrogens (tertiary/aromatic N) is 3. The Morgan fingerprint density at radius 1 is 0.889 bits per heavy atom. The summed E-state index contributed by atoms with van der Waals surface area (Å²) < 4.78 is 0. The van der Waals surface area contributed by atoms with Gasteiger partial charge in [0.05, 0.1) is 4.92 Å². The largest absolute Gasteiger partial charge is 0.336 e. The summed E-state index contributed by atoms with van der Waals surface area (Å²) in [4.78, 5) is 27.7. The molecular formula is C21H27N3O3. The molecule has 1 heterocycles. The Bertz CT molecular complexity index is 712. The summed E-state index contributed by atoms with van der Waals surface area (Å²) in [6, 6.07) is 6.72. The molecular weight excluding hydrogens is 342 g/mol. The second-order valence-electron chi connectivity index (χ2n) is 9.05. The third-order valence-corrected chi connectivity index (χ3v) is 7.53. The zero-order chi connectivity index (χ0) is 18.5. The first-order valence-corrected chi connectivity index (χ1v) is 10.4. The number of hydrogen-bond acceptors (Lipinski definition) is 4. The molecule has 0 spiro atoms. The molecule has 5 fully saturated rings. The molecule has 5 aliphatic rings. The van der Waals surface area contributed by atoms with Crippen molar-refractivity contribution in [3.05, 3.63) is 39.9 Å². The van der Waals surface area contributed by atoms with Gasteiger partial charge in [0.15, 0.2) is 0 Å². The lowest BCUT2D eigenvalue weighted by molar-refractivity contribution is -0.384. The Morgan fingerprint density at radius 3 is 1.96 bits per heavy atom. The number of nitro benzene ring substituents is 1. The van der Waals surface area contributed by atoms with Crippen molar-refractivity contribution in [3.63, 3.8) is 0 Å². The highest BCUT2D eigenvalue weighted by Crippen LogP contribution is 2.55. The highest BCUT2D eigenvalue weighted by atomic mass is 16.6. The Hall–Kier alpha value is -1.95. The van der Waals surface area contributed by atoms with Crippen molar-refractivity contribution in [1.82, 2.24) is 9.80 Å². The van der Waals surface area contributed by atoms with Gasteiger partial charge in [0.2, 0.25) is 0 Å². The maximum atomic E-state index is 12.7. The van der Waals surface area contributed by atoms with E-state index in [0.29, 0.717) is 5.56 Å². The molecule has 1 saturated heterocycles. The normalized spacial score (nSPS) is 35.4. The minimum absolute atomic E-state index is 0.00497. The second kappa shape index (κ2) is 6.59. The van der Waals surface area contributed by atoms with E-state index in [4.69, 9.17) is 0 Å². The van der Waals surface area contributed by atoms with E-state index in [2.05, 4.69) is 4.90 Å². The monoisotopic (exact) mass is 369 g/mol. The summed E-state index contributed by atoms with van der Waals surface area (Å²) in [6.07, 6.45) is 7.20. The van der Waals surface area contributed by atoms with Crippen LogP contribution in [0.5, 0.6) is 0 Å². The third-order valence-electron chi connectivity index (χ3n) is 7.53. The van der Waals surface area contributed by atoms with E-state index in [1.165, 1.54) is 44.2 Å². The summed E-state index contributed by atoms with van der Waals surface area (Å²) in [5, 5.41) is 10.8. The van der Waals surface area contributed by atoms with Gasteiger partial charge in [0.1, 0.15) is 0 Å². The van der Waals surface area contributed by atoms with Crippen molar-refractivity contribution < 1.29 is 9.72 Å². The number of nitro groups is 1. The van der Waals surface area contributed by atoms with Gasteiger partial charge in [-0.05, 0) is 67.9 Å².